The SMILES string of the molecule is CC[C@@H](O)c1ccccc1N1CCCc2ccccc2C1. The minimum absolute atomic E-state index is 0.375. The maximum atomic E-state index is 10.3. The number of aryl methyl sites for hydroxylation is 1. The third-order valence-corrected chi connectivity index (χ3v) is 4.38. The molecule has 0 bridgehead atoms. The van der Waals surface area contributed by atoms with Crippen molar-refractivity contribution in [2.24, 2.45) is 0 Å². The summed E-state index contributed by atoms with van der Waals surface area (Å²) < 4.78 is 0. The van der Waals surface area contributed by atoms with Crippen molar-refractivity contribution >= 4 is 5.69 Å². The highest BCUT2D eigenvalue weighted by Crippen LogP contribution is 2.31. The van der Waals surface area contributed by atoms with Crippen LogP contribution in [-0.2, 0) is 13.0 Å². The molecule has 2 heteroatoms. The van der Waals surface area contributed by atoms with Crippen molar-refractivity contribution in [3.8, 4) is 0 Å². The molecule has 0 fully saturated rings. The molecule has 1 heterocycles. The summed E-state index contributed by atoms with van der Waals surface area (Å²) in [6.45, 7) is 4.00. The molecule has 3 rings (SSSR count). The summed E-state index contributed by atoms with van der Waals surface area (Å²) in [7, 11) is 0. The first-order chi connectivity index (χ1) is 10.3. The summed E-state index contributed by atoms with van der Waals surface area (Å²) in [6, 6.07) is 17.0. The first kappa shape index (κ1) is 14.2. The van der Waals surface area contributed by atoms with Gasteiger partial charge < -0.3 is 10.0 Å². The topological polar surface area (TPSA) is 23.5 Å². The van der Waals surface area contributed by atoms with Crippen molar-refractivity contribution in [3.05, 3.63) is 65.2 Å². The molecule has 0 amide bonds. The van der Waals surface area contributed by atoms with E-state index in [1.807, 2.05) is 13.0 Å². The Kier molecular flexibility index (Phi) is 4.26. The number of benzene rings is 2. The largest absolute Gasteiger partial charge is 0.388 e. The average Bonchev–Trinajstić information content (AvgIpc) is 2.76. The van der Waals surface area contributed by atoms with E-state index in [2.05, 4.69) is 47.4 Å². The number of aliphatic hydroxyl groups excluding tert-OH is 1. The van der Waals surface area contributed by atoms with E-state index in [-0.39, 0.29) is 6.10 Å². The Morgan fingerprint density at radius 2 is 1.76 bits per heavy atom. The van der Waals surface area contributed by atoms with Crippen LogP contribution in [0.15, 0.2) is 48.5 Å². The van der Waals surface area contributed by atoms with Crippen molar-refractivity contribution in [3.63, 3.8) is 0 Å². The summed E-state index contributed by atoms with van der Waals surface area (Å²) in [4.78, 5) is 2.42. The highest BCUT2D eigenvalue weighted by atomic mass is 16.3. The van der Waals surface area contributed by atoms with Crippen LogP contribution in [0, 0.1) is 0 Å². The van der Waals surface area contributed by atoms with Gasteiger partial charge in [-0.2, -0.15) is 0 Å². The molecule has 110 valence electrons. The number of rotatable bonds is 3. The number of nitrogens with zero attached hydrogens (tertiary/aromatic N) is 1. The lowest BCUT2D eigenvalue weighted by Crippen LogP contribution is -2.24. The molecule has 0 saturated carbocycles. The van der Waals surface area contributed by atoms with Gasteiger partial charge in [-0.3, -0.25) is 0 Å². The van der Waals surface area contributed by atoms with E-state index in [9.17, 15) is 5.11 Å². The molecule has 0 radical (unpaired) electrons. The lowest BCUT2D eigenvalue weighted by molar-refractivity contribution is 0.174. The molecule has 0 saturated heterocycles. The predicted octanol–water partition coefficient (Wildman–Crippen LogP) is 4.08. The fourth-order valence-electron chi connectivity index (χ4n) is 3.18. The zero-order chi connectivity index (χ0) is 14.7. The third-order valence-electron chi connectivity index (χ3n) is 4.38. The Morgan fingerprint density at radius 3 is 2.57 bits per heavy atom. The molecular formula is C19H23NO. The number of fused-ring (bicyclic) bond motifs is 1. The zero-order valence-electron chi connectivity index (χ0n) is 12.6. The van der Waals surface area contributed by atoms with Crippen molar-refractivity contribution in [2.45, 2.75) is 38.8 Å². The van der Waals surface area contributed by atoms with Gasteiger partial charge in [-0.15, -0.1) is 0 Å². The number of anilines is 1. The summed E-state index contributed by atoms with van der Waals surface area (Å²) in [5.74, 6) is 0. The maximum absolute atomic E-state index is 10.3. The van der Waals surface area contributed by atoms with Gasteiger partial charge in [-0.05, 0) is 36.5 Å². The predicted molar refractivity (Wildman–Crippen MR) is 87.5 cm³/mol. The Balaban J connectivity index is 1.94. The van der Waals surface area contributed by atoms with Crippen molar-refractivity contribution in [2.75, 3.05) is 11.4 Å². The van der Waals surface area contributed by atoms with E-state index in [1.54, 1.807) is 0 Å². The molecule has 1 N–H and O–H groups in total. The lowest BCUT2D eigenvalue weighted by atomic mass is 10.0. The maximum Gasteiger partial charge on any atom is 0.0807 e. The van der Waals surface area contributed by atoms with Crippen LogP contribution in [-0.4, -0.2) is 11.7 Å². The van der Waals surface area contributed by atoms with E-state index in [0.29, 0.717) is 0 Å². The Labute approximate surface area is 127 Å². The molecule has 2 nitrogen and oxygen atoms in total. The number of hydrogen-bond donors (Lipinski definition) is 1. The van der Waals surface area contributed by atoms with Gasteiger partial charge in [0.15, 0.2) is 0 Å². The van der Waals surface area contributed by atoms with E-state index in [1.165, 1.54) is 16.8 Å². The molecule has 1 aliphatic heterocycles. The Hall–Kier alpha value is -1.80. The van der Waals surface area contributed by atoms with E-state index < -0.39 is 0 Å². The van der Waals surface area contributed by atoms with Crippen LogP contribution >= 0.6 is 0 Å². The summed E-state index contributed by atoms with van der Waals surface area (Å²) >= 11 is 0. The van der Waals surface area contributed by atoms with Crippen LogP contribution in [0.25, 0.3) is 0 Å². The third kappa shape index (κ3) is 2.96. The van der Waals surface area contributed by atoms with Crippen molar-refractivity contribution in [1.29, 1.82) is 0 Å². The van der Waals surface area contributed by atoms with Gasteiger partial charge in [0, 0.05) is 24.3 Å². The quantitative estimate of drug-likeness (QED) is 0.916. The van der Waals surface area contributed by atoms with Crippen LogP contribution in [0.5, 0.6) is 0 Å². The van der Waals surface area contributed by atoms with Gasteiger partial charge in [-0.1, -0.05) is 49.4 Å². The minimum Gasteiger partial charge on any atom is -0.388 e. The molecule has 0 spiro atoms. The average molecular weight is 281 g/mol. The van der Waals surface area contributed by atoms with Crippen LogP contribution in [0.2, 0.25) is 0 Å². The molecule has 21 heavy (non-hydrogen) atoms. The monoisotopic (exact) mass is 281 g/mol. The van der Waals surface area contributed by atoms with Gasteiger partial charge in [0.05, 0.1) is 6.10 Å². The fourth-order valence-corrected chi connectivity index (χ4v) is 3.18. The second kappa shape index (κ2) is 6.31. The highest BCUT2D eigenvalue weighted by Gasteiger charge is 2.18. The Bertz CT molecular complexity index is 608. The van der Waals surface area contributed by atoms with Gasteiger partial charge in [-0.25, -0.2) is 0 Å². The number of para-hydroxylation sites is 1. The fraction of sp³-hybridized carbons (Fsp3) is 0.368. The molecular weight excluding hydrogens is 258 g/mol. The van der Waals surface area contributed by atoms with Crippen LogP contribution in [0.4, 0.5) is 5.69 Å². The first-order valence-corrected chi connectivity index (χ1v) is 7.88. The normalized spacial score (nSPS) is 16.2. The summed E-state index contributed by atoms with van der Waals surface area (Å²) in [5, 5.41) is 10.3. The summed E-state index contributed by atoms with van der Waals surface area (Å²) in [6.07, 6.45) is 2.68. The van der Waals surface area contributed by atoms with Gasteiger partial charge in [0.25, 0.3) is 0 Å². The van der Waals surface area contributed by atoms with Crippen molar-refractivity contribution in [1.82, 2.24) is 0 Å². The molecule has 0 aliphatic carbocycles. The van der Waals surface area contributed by atoms with Gasteiger partial charge in [0.1, 0.15) is 0 Å². The van der Waals surface area contributed by atoms with Crippen LogP contribution in [0.3, 0.4) is 0 Å². The first-order valence-electron chi connectivity index (χ1n) is 7.88. The molecule has 1 aliphatic rings. The van der Waals surface area contributed by atoms with Crippen molar-refractivity contribution < 1.29 is 5.11 Å². The molecule has 2 aromatic rings. The second-order valence-electron chi connectivity index (χ2n) is 5.78. The standard InChI is InChI=1S/C19H23NO/c1-2-19(21)17-11-5-6-12-18(17)20-13-7-10-15-8-3-4-9-16(15)14-20/h3-6,8-9,11-12,19,21H,2,7,10,13-14H2,1H3/t19-/m1/s1. The number of hydrogen-bond acceptors (Lipinski definition) is 2. The van der Waals surface area contributed by atoms with E-state index >= 15 is 0 Å². The number of aliphatic hydroxyl groups is 1. The smallest absolute Gasteiger partial charge is 0.0807 e. The molecule has 0 unspecified atom stereocenters. The lowest BCUT2D eigenvalue weighted by Gasteiger charge is -2.27. The van der Waals surface area contributed by atoms with Gasteiger partial charge >= 0.3 is 0 Å². The Morgan fingerprint density at radius 1 is 1.05 bits per heavy atom. The zero-order valence-corrected chi connectivity index (χ0v) is 12.6. The van der Waals surface area contributed by atoms with Crippen LogP contribution in [0.1, 0.15) is 42.6 Å². The molecule has 2 aromatic carbocycles. The minimum atomic E-state index is -0.375. The molecule has 0 aromatic heterocycles. The highest BCUT2D eigenvalue weighted by molar-refractivity contribution is 5.55. The van der Waals surface area contributed by atoms with E-state index in [0.717, 1.165) is 37.9 Å². The van der Waals surface area contributed by atoms with Gasteiger partial charge in [0.2, 0.25) is 0 Å². The molecule has 1 atom stereocenters. The summed E-state index contributed by atoms with van der Waals surface area (Å²) in [5.41, 5.74) is 5.12. The second-order valence-corrected chi connectivity index (χ2v) is 5.78. The van der Waals surface area contributed by atoms with E-state index in [4.69, 9.17) is 0 Å². The van der Waals surface area contributed by atoms with Crippen LogP contribution < -0.4 is 4.90 Å².